The summed E-state index contributed by atoms with van der Waals surface area (Å²) in [5.41, 5.74) is 4.17. The zero-order chi connectivity index (χ0) is 41.3. The molecule has 7 rings (SSSR count). The monoisotopic (exact) mass is 1150 g/mol. The molecule has 3 aliphatic heterocycles. The summed E-state index contributed by atoms with van der Waals surface area (Å²) < 4.78 is 58.8. The molecule has 59 heavy (non-hydrogen) atoms. The van der Waals surface area contributed by atoms with E-state index in [-0.39, 0.29) is 14.0 Å². The highest BCUT2D eigenvalue weighted by Gasteiger charge is 2.53. The molecule has 0 spiro atoms. The number of hydrogen-bond acceptors (Lipinski definition) is 10. The zero-order valence-corrected chi connectivity index (χ0v) is 39.8. The molecular weight excluding hydrogens is 1090 g/mol. The van der Waals surface area contributed by atoms with Gasteiger partial charge in [0.15, 0.2) is 18.9 Å². The summed E-state index contributed by atoms with van der Waals surface area (Å²) in [5, 5.41) is 11.6. The molecule has 15 atom stereocenters. The van der Waals surface area contributed by atoms with Gasteiger partial charge in [-0.1, -0.05) is 189 Å². The van der Waals surface area contributed by atoms with Crippen LogP contribution in [0.1, 0.15) is 43.0 Å². The molecule has 0 saturated carbocycles. The maximum Gasteiger partial charge on any atom is 0.172 e. The van der Waals surface area contributed by atoms with Crippen molar-refractivity contribution in [2.24, 2.45) is 0 Å². The lowest BCUT2D eigenvalue weighted by Gasteiger charge is -2.49. The van der Waals surface area contributed by atoms with E-state index in [0.29, 0.717) is 26.4 Å². The Hall–Kier alpha value is -1.33. The first kappa shape index (κ1) is 45.7. The predicted octanol–water partition coefficient (Wildman–Crippen LogP) is 8.74. The third kappa shape index (κ3) is 12.0. The van der Waals surface area contributed by atoms with Crippen LogP contribution in [-0.4, -0.2) is 90.7 Å². The molecule has 3 fully saturated rings. The molecule has 0 amide bonds. The summed E-state index contributed by atoms with van der Waals surface area (Å²) in [6, 6.07) is 40.1. The number of aliphatic hydroxyl groups is 1. The maximum absolute atomic E-state index is 11.6. The second kappa shape index (κ2) is 22.3. The van der Waals surface area contributed by atoms with Gasteiger partial charge in [0.1, 0.15) is 30.5 Å². The highest BCUT2D eigenvalue weighted by Crippen LogP contribution is 2.40. The van der Waals surface area contributed by atoms with Crippen molar-refractivity contribution >= 4 is 67.8 Å². The summed E-state index contributed by atoms with van der Waals surface area (Å²) in [6.07, 6.45) is -6.60. The van der Waals surface area contributed by atoms with Crippen LogP contribution >= 0.6 is 67.8 Å². The maximum atomic E-state index is 11.6. The van der Waals surface area contributed by atoms with E-state index < -0.39 is 71.6 Å². The average Bonchev–Trinajstić information content (AvgIpc) is 3.25. The van der Waals surface area contributed by atoms with Crippen molar-refractivity contribution in [2.75, 3.05) is 0 Å². The van der Waals surface area contributed by atoms with Crippen molar-refractivity contribution in [3.8, 4) is 0 Å². The summed E-state index contributed by atoms with van der Waals surface area (Å²) in [6.45, 7) is 7.42. The molecule has 0 radical (unpaired) electrons. The van der Waals surface area contributed by atoms with Gasteiger partial charge in [-0.2, -0.15) is 0 Å². The Morgan fingerprint density at radius 1 is 0.407 bits per heavy atom. The van der Waals surface area contributed by atoms with Gasteiger partial charge < -0.3 is 47.7 Å². The molecule has 3 saturated heterocycles. The highest BCUT2D eigenvalue weighted by atomic mass is 127. The van der Waals surface area contributed by atoms with Crippen molar-refractivity contribution in [1.82, 2.24) is 0 Å². The van der Waals surface area contributed by atoms with Gasteiger partial charge in [-0.3, -0.25) is 0 Å². The minimum Gasteiger partial charge on any atom is -0.389 e. The van der Waals surface area contributed by atoms with Gasteiger partial charge >= 0.3 is 0 Å². The molecule has 0 unspecified atom stereocenters. The van der Waals surface area contributed by atoms with E-state index in [9.17, 15) is 5.11 Å². The Labute approximate surface area is 388 Å². The van der Waals surface area contributed by atoms with Gasteiger partial charge in [0.2, 0.25) is 0 Å². The van der Waals surface area contributed by atoms with Crippen LogP contribution in [-0.2, 0) is 69.1 Å². The van der Waals surface area contributed by atoms with Gasteiger partial charge in [0.05, 0.1) is 62.6 Å². The molecule has 10 nitrogen and oxygen atoms in total. The fourth-order valence-electron chi connectivity index (χ4n) is 7.63. The van der Waals surface area contributed by atoms with Crippen LogP contribution in [0, 0.1) is 0 Å². The quantitative estimate of drug-likeness (QED) is 0.0867. The fraction of sp³-hybridized carbons (Fsp3) is 0.478. The van der Waals surface area contributed by atoms with Gasteiger partial charge in [-0.15, -0.1) is 0 Å². The molecule has 4 aromatic rings. The van der Waals surface area contributed by atoms with Crippen LogP contribution in [0.3, 0.4) is 0 Å². The summed E-state index contributed by atoms with van der Waals surface area (Å²) in [4.78, 5) is 0. The summed E-state index contributed by atoms with van der Waals surface area (Å²) in [7, 11) is 0. The first-order valence-electron chi connectivity index (χ1n) is 20.2. The fourth-order valence-corrected chi connectivity index (χ4v) is 10.2. The number of halogens is 3. The van der Waals surface area contributed by atoms with Crippen molar-refractivity contribution in [2.45, 2.75) is 133 Å². The van der Waals surface area contributed by atoms with E-state index in [1.807, 2.05) is 142 Å². The number of rotatable bonds is 16. The molecule has 318 valence electrons. The minimum absolute atomic E-state index is 0.258. The van der Waals surface area contributed by atoms with E-state index in [4.69, 9.17) is 42.6 Å². The van der Waals surface area contributed by atoms with Crippen molar-refractivity contribution in [1.29, 1.82) is 0 Å². The molecular formula is C46H53I3O10. The molecule has 1 N–H and O–H groups in total. The van der Waals surface area contributed by atoms with Crippen LogP contribution in [0.25, 0.3) is 0 Å². The lowest BCUT2D eigenvalue weighted by atomic mass is 9.99. The molecule has 0 aliphatic carbocycles. The van der Waals surface area contributed by atoms with Crippen LogP contribution < -0.4 is 0 Å². The van der Waals surface area contributed by atoms with E-state index in [1.165, 1.54) is 0 Å². The van der Waals surface area contributed by atoms with Crippen LogP contribution in [0.15, 0.2) is 121 Å². The number of aliphatic hydroxyl groups excluding tert-OH is 1. The number of benzene rings is 4. The second-order valence-corrected chi connectivity index (χ2v) is 19.5. The number of alkyl halides is 3. The van der Waals surface area contributed by atoms with Crippen LogP contribution in [0.5, 0.6) is 0 Å². The van der Waals surface area contributed by atoms with E-state index in [1.54, 1.807) is 0 Å². The van der Waals surface area contributed by atoms with E-state index in [0.717, 1.165) is 22.3 Å². The molecule has 13 heteroatoms. The lowest BCUT2D eigenvalue weighted by Crippen LogP contribution is -2.64. The van der Waals surface area contributed by atoms with E-state index in [2.05, 4.69) is 67.8 Å². The summed E-state index contributed by atoms with van der Waals surface area (Å²) in [5.74, 6) is 0. The van der Waals surface area contributed by atoms with Gasteiger partial charge in [0, 0.05) is 0 Å². The molecule has 0 aromatic heterocycles. The standard InChI is InChI=1S/C46H53I3O10/c1-28-39(51-24-31-16-8-4-9-17-31)38(50)35(47)45(56-28)58-43-37(49)46(57-30(3)41(43)53-26-33-20-12-6-13-21-33)59-42-36(48)44(54-27-34-22-14-7-15-23-34)55-29(2)40(42)52-25-32-18-10-5-11-19-32/h4-23,28-30,35-46,50H,24-27H2,1-3H3/t28-,29-,30-,35+,36+,37+,38+,39-,40-,41-,42+,43+,44+,45-,46-/m0/s1. The average molecular weight is 1150 g/mol. The molecule has 3 heterocycles. The van der Waals surface area contributed by atoms with Crippen molar-refractivity contribution in [3.05, 3.63) is 144 Å². The number of hydrogen-bond donors (Lipinski definition) is 1. The Morgan fingerprint density at radius 3 is 1.12 bits per heavy atom. The predicted molar refractivity (Wildman–Crippen MR) is 248 cm³/mol. The third-order valence-corrected chi connectivity index (χ3v) is 14.8. The topological polar surface area (TPSA) is 103 Å². The Morgan fingerprint density at radius 2 is 0.712 bits per heavy atom. The van der Waals surface area contributed by atoms with Gasteiger partial charge in [0.25, 0.3) is 0 Å². The Balaban J connectivity index is 1.10. The molecule has 0 bridgehead atoms. The normalized spacial score (nSPS) is 35.0. The second-order valence-electron chi connectivity index (χ2n) is 15.2. The third-order valence-electron chi connectivity index (χ3n) is 10.8. The van der Waals surface area contributed by atoms with Crippen molar-refractivity contribution < 1.29 is 47.7 Å². The molecule has 4 aromatic carbocycles. The van der Waals surface area contributed by atoms with E-state index >= 15 is 0 Å². The lowest BCUT2D eigenvalue weighted by molar-refractivity contribution is -0.327. The Kier molecular flexibility index (Phi) is 17.3. The van der Waals surface area contributed by atoms with Gasteiger partial charge in [-0.25, -0.2) is 0 Å². The van der Waals surface area contributed by atoms with Crippen LogP contribution in [0.2, 0.25) is 0 Å². The molecule has 3 aliphatic rings. The van der Waals surface area contributed by atoms with Crippen LogP contribution in [0.4, 0.5) is 0 Å². The smallest absolute Gasteiger partial charge is 0.172 e. The first-order valence-corrected chi connectivity index (χ1v) is 23.9. The summed E-state index contributed by atoms with van der Waals surface area (Å²) >= 11 is 6.97. The first-order chi connectivity index (χ1) is 28.7. The number of ether oxygens (including phenoxy) is 9. The zero-order valence-electron chi connectivity index (χ0n) is 33.3. The van der Waals surface area contributed by atoms with Crippen molar-refractivity contribution in [3.63, 3.8) is 0 Å². The minimum atomic E-state index is -0.840. The largest absolute Gasteiger partial charge is 0.389 e. The Bertz CT molecular complexity index is 1820. The van der Waals surface area contributed by atoms with Gasteiger partial charge in [-0.05, 0) is 43.0 Å². The SMILES string of the molecule is C[C@@H]1O[C@@H](O[C@@H]2[C@@H](I)[C@H](O[C@@H]3[C@@H](I)[C@H](OCc4ccccc4)O[C@@H](C)[C@@H]3OCc3ccccc3)O[C@@H](C)[C@@H]2OCc2ccccc2)[C@H](I)[C@@H](O)[C@H]1OCc1ccccc1. The highest BCUT2D eigenvalue weighted by molar-refractivity contribution is 14.1.